The summed E-state index contributed by atoms with van der Waals surface area (Å²) in [7, 11) is 0. The fraction of sp³-hybridized carbons (Fsp3) is 0.444. The van der Waals surface area contributed by atoms with Crippen molar-refractivity contribution in [2.45, 2.75) is 58.0 Å². The molecule has 3 aromatic rings. The minimum absolute atomic E-state index is 0.0822. The predicted octanol–water partition coefficient (Wildman–Crippen LogP) is 6.20. The molecular weight excluding hydrogens is 522 g/mol. The van der Waals surface area contributed by atoms with Crippen molar-refractivity contribution >= 4 is 54.9 Å². The molecule has 2 aliphatic rings. The van der Waals surface area contributed by atoms with Crippen LogP contribution in [0.15, 0.2) is 47.2 Å². The van der Waals surface area contributed by atoms with Crippen molar-refractivity contribution in [2.24, 2.45) is 5.92 Å². The number of benzene rings is 1. The third kappa shape index (κ3) is 5.76. The van der Waals surface area contributed by atoms with Crippen molar-refractivity contribution in [1.29, 1.82) is 0 Å². The van der Waals surface area contributed by atoms with E-state index in [1.54, 1.807) is 23.7 Å². The van der Waals surface area contributed by atoms with Crippen LogP contribution >= 0.6 is 27.3 Å². The smallest absolute Gasteiger partial charge is 0.246 e. The van der Waals surface area contributed by atoms with E-state index in [2.05, 4.69) is 43.5 Å². The van der Waals surface area contributed by atoms with Crippen molar-refractivity contribution in [2.75, 3.05) is 18.4 Å². The molecule has 1 aliphatic heterocycles. The predicted molar refractivity (Wildman–Crippen MR) is 147 cm³/mol. The normalized spacial score (nSPS) is 17.6. The first-order chi connectivity index (χ1) is 17.1. The van der Waals surface area contributed by atoms with E-state index in [4.69, 9.17) is 0 Å². The molecule has 1 saturated carbocycles. The van der Waals surface area contributed by atoms with Crippen LogP contribution in [0.3, 0.4) is 0 Å². The summed E-state index contributed by atoms with van der Waals surface area (Å²) in [5, 5.41) is 8.12. The molecule has 8 heteroatoms. The maximum atomic E-state index is 12.9. The summed E-state index contributed by atoms with van der Waals surface area (Å²) in [4.78, 5) is 26.0. The fourth-order valence-corrected chi connectivity index (χ4v) is 6.84. The van der Waals surface area contributed by atoms with Crippen LogP contribution in [0.2, 0.25) is 0 Å². The minimum Gasteiger partial charge on any atom is -0.340 e. The lowest BCUT2D eigenvalue weighted by Gasteiger charge is -2.28. The van der Waals surface area contributed by atoms with Gasteiger partial charge in [-0.1, -0.05) is 47.3 Å². The number of amides is 1. The Kier molecular flexibility index (Phi) is 7.80. The van der Waals surface area contributed by atoms with E-state index in [-0.39, 0.29) is 5.91 Å². The van der Waals surface area contributed by atoms with E-state index in [1.165, 1.54) is 42.5 Å². The Morgan fingerprint density at radius 3 is 2.97 bits per heavy atom. The molecule has 3 heterocycles. The van der Waals surface area contributed by atoms with Crippen LogP contribution in [-0.2, 0) is 17.8 Å². The summed E-state index contributed by atoms with van der Waals surface area (Å²) in [5.41, 5.74) is 2.24. The highest BCUT2D eigenvalue weighted by Gasteiger charge is 2.25. The Hall–Kier alpha value is -2.29. The van der Waals surface area contributed by atoms with E-state index < -0.39 is 0 Å². The molecule has 1 unspecified atom stereocenters. The Morgan fingerprint density at radius 1 is 1.29 bits per heavy atom. The van der Waals surface area contributed by atoms with Crippen LogP contribution in [0.25, 0.3) is 10.2 Å². The Bertz CT molecular complexity index is 1220. The van der Waals surface area contributed by atoms with Crippen molar-refractivity contribution in [3.8, 4) is 0 Å². The lowest BCUT2D eigenvalue weighted by Crippen LogP contribution is -2.35. The summed E-state index contributed by atoms with van der Waals surface area (Å²) >= 11 is 5.19. The van der Waals surface area contributed by atoms with Crippen LogP contribution < -0.4 is 10.6 Å². The summed E-state index contributed by atoms with van der Waals surface area (Å²) in [5.74, 6) is 1.68. The average Bonchev–Trinajstić information content (AvgIpc) is 3.25. The molecule has 0 saturated heterocycles. The number of rotatable bonds is 7. The van der Waals surface area contributed by atoms with E-state index >= 15 is 0 Å². The number of hydrogen-bond donors (Lipinski definition) is 2. The van der Waals surface area contributed by atoms with Crippen LogP contribution in [-0.4, -0.2) is 39.9 Å². The van der Waals surface area contributed by atoms with Crippen molar-refractivity contribution in [3.05, 3.63) is 57.7 Å². The summed E-state index contributed by atoms with van der Waals surface area (Å²) in [6, 6.07) is 8.56. The summed E-state index contributed by atoms with van der Waals surface area (Å²) in [6.45, 7) is 4.36. The molecule has 6 nitrogen and oxygen atoms in total. The van der Waals surface area contributed by atoms with Crippen LogP contribution in [0.5, 0.6) is 0 Å². The Morgan fingerprint density at radius 2 is 2.14 bits per heavy atom. The molecule has 1 atom stereocenters. The van der Waals surface area contributed by atoms with Crippen LogP contribution in [0.4, 0.5) is 11.5 Å². The van der Waals surface area contributed by atoms with Crippen LogP contribution in [0.1, 0.15) is 49.5 Å². The van der Waals surface area contributed by atoms with Gasteiger partial charge in [-0.2, -0.15) is 0 Å². The van der Waals surface area contributed by atoms with Gasteiger partial charge in [0.15, 0.2) is 0 Å². The molecule has 0 spiro atoms. The monoisotopic (exact) mass is 553 g/mol. The van der Waals surface area contributed by atoms with Crippen LogP contribution in [0, 0.1) is 5.92 Å². The van der Waals surface area contributed by atoms with E-state index in [0.29, 0.717) is 19.1 Å². The molecule has 1 aromatic carbocycles. The third-order valence-electron chi connectivity index (χ3n) is 7.21. The fourth-order valence-electron chi connectivity index (χ4n) is 5.23. The second-order valence-electron chi connectivity index (χ2n) is 9.55. The molecule has 2 aromatic heterocycles. The van der Waals surface area contributed by atoms with Gasteiger partial charge in [0.1, 0.15) is 17.0 Å². The number of halogens is 1. The molecular formula is C27H32BrN5OS. The molecule has 0 radical (unpaired) electrons. The van der Waals surface area contributed by atoms with Gasteiger partial charge in [-0.15, -0.1) is 11.3 Å². The largest absolute Gasteiger partial charge is 0.340 e. The first-order valence-electron chi connectivity index (χ1n) is 12.5. The number of aromatic nitrogens is 2. The zero-order chi connectivity index (χ0) is 24.2. The van der Waals surface area contributed by atoms with Gasteiger partial charge in [-0.25, -0.2) is 9.97 Å². The van der Waals surface area contributed by atoms with Gasteiger partial charge in [0.2, 0.25) is 5.91 Å². The van der Waals surface area contributed by atoms with Gasteiger partial charge in [0.25, 0.3) is 0 Å². The first kappa shape index (κ1) is 24.4. The van der Waals surface area contributed by atoms with Gasteiger partial charge in [-0.05, 0) is 55.9 Å². The number of fused-ring (bicyclic) bond motifs is 3. The number of nitrogens with zero attached hydrogens (tertiary/aromatic N) is 3. The van der Waals surface area contributed by atoms with Gasteiger partial charge in [0.05, 0.1) is 11.9 Å². The molecule has 0 bridgehead atoms. The molecule has 1 fully saturated rings. The van der Waals surface area contributed by atoms with Gasteiger partial charge >= 0.3 is 0 Å². The van der Waals surface area contributed by atoms with E-state index in [1.807, 2.05) is 35.2 Å². The van der Waals surface area contributed by atoms with Crippen molar-refractivity contribution in [3.63, 3.8) is 0 Å². The highest BCUT2D eigenvalue weighted by atomic mass is 79.9. The number of nitrogens with one attached hydrogen (secondary N) is 2. The van der Waals surface area contributed by atoms with E-state index in [0.717, 1.165) is 45.1 Å². The van der Waals surface area contributed by atoms with Gasteiger partial charge in [0, 0.05) is 40.2 Å². The van der Waals surface area contributed by atoms with Crippen molar-refractivity contribution in [1.82, 2.24) is 20.2 Å². The number of thiophene rings is 1. The topological polar surface area (TPSA) is 70.2 Å². The second-order valence-corrected chi connectivity index (χ2v) is 11.5. The Labute approximate surface area is 219 Å². The summed E-state index contributed by atoms with van der Waals surface area (Å²) in [6.07, 6.45) is 12.9. The summed E-state index contributed by atoms with van der Waals surface area (Å²) < 4.78 is 1.01. The maximum Gasteiger partial charge on any atom is 0.246 e. The molecule has 2 N–H and O–H groups in total. The van der Waals surface area contributed by atoms with Gasteiger partial charge < -0.3 is 15.5 Å². The molecule has 1 amide bonds. The SMILES string of the molecule is CC(NC/C=C/C(=O)N1CCc2c(sc3ncnc(Nc4cccc(Br)c4)c23)C1)C1CCCCC1. The molecule has 5 rings (SSSR count). The first-order valence-corrected chi connectivity index (χ1v) is 14.2. The quantitative estimate of drug-likeness (QED) is 0.341. The zero-order valence-electron chi connectivity index (χ0n) is 20.1. The molecule has 35 heavy (non-hydrogen) atoms. The lowest BCUT2D eigenvalue weighted by molar-refractivity contribution is -0.126. The Balaban J connectivity index is 1.22. The number of hydrogen-bond acceptors (Lipinski definition) is 6. The van der Waals surface area contributed by atoms with Gasteiger partial charge in [-0.3, -0.25) is 4.79 Å². The highest BCUT2D eigenvalue weighted by molar-refractivity contribution is 9.10. The molecule has 1 aliphatic carbocycles. The average molecular weight is 555 g/mol. The standard InChI is InChI=1S/C27H32BrN5OS/c1-18(19-7-3-2-4-8-19)29-13-6-11-24(34)33-14-12-22-23(16-33)35-27-25(22)26(30-17-31-27)32-21-10-5-9-20(28)15-21/h5-6,9-11,15,17-19,29H,2-4,7-8,12-14,16H2,1H3,(H,30,31,32)/b11-6+. The number of carbonyl (C=O) groups is 1. The third-order valence-corrected chi connectivity index (χ3v) is 8.83. The van der Waals surface area contributed by atoms with E-state index in [9.17, 15) is 4.79 Å². The maximum absolute atomic E-state index is 12.9. The van der Waals surface area contributed by atoms with Crippen molar-refractivity contribution < 1.29 is 4.79 Å². The zero-order valence-corrected chi connectivity index (χ0v) is 22.5. The second kappa shape index (κ2) is 11.2. The minimum atomic E-state index is 0.0822. The lowest BCUT2D eigenvalue weighted by atomic mass is 9.84. The number of anilines is 2. The molecule has 184 valence electrons. The number of carbonyl (C=O) groups excluding carboxylic acids is 1. The highest BCUT2D eigenvalue weighted by Crippen LogP contribution is 2.38.